The first kappa shape index (κ1) is 21.2. The summed E-state index contributed by atoms with van der Waals surface area (Å²) in [4.78, 5) is 38.2. The number of amides is 3. The first-order valence-electron chi connectivity index (χ1n) is 9.54. The molecule has 0 saturated carbocycles. The Balaban J connectivity index is 1.51. The van der Waals surface area contributed by atoms with Crippen LogP contribution in [0.15, 0.2) is 30.3 Å². The molecule has 0 saturated heterocycles. The molecule has 3 rings (SSSR count). The number of rotatable bonds is 6. The van der Waals surface area contributed by atoms with Gasteiger partial charge in [0.25, 0.3) is 5.91 Å². The van der Waals surface area contributed by atoms with Gasteiger partial charge in [0, 0.05) is 18.3 Å². The summed E-state index contributed by atoms with van der Waals surface area (Å²) in [5.41, 5.74) is 4.16. The maximum atomic E-state index is 12.4. The molecule has 0 bridgehead atoms. The Morgan fingerprint density at radius 2 is 1.67 bits per heavy atom. The molecule has 158 valence electrons. The summed E-state index contributed by atoms with van der Waals surface area (Å²) in [6.45, 7) is 5.63. The molecule has 0 aromatic heterocycles. The van der Waals surface area contributed by atoms with Crippen LogP contribution in [0, 0.1) is 20.8 Å². The van der Waals surface area contributed by atoms with Crippen molar-refractivity contribution < 1.29 is 23.9 Å². The van der Waals surface area contributed by atoms with Gasteiger partial charge in [0.05, 0.1) is 13.1 Å². The topological polar surface area (TPSA) is 97.0 Å². The van der Waals surface area contributed by atoms with Gasteiger partial charge in [-0.15, -0.1) is 0 Å². The van der Waals surface area contributed by atoms with Crippen molar-refractivity contribution in [2.45, 2.75) is 20.8 Å². The summed E-state index contributed by atoms with van der Waals surface area (Å²) in [6.07, 6.45) is 0. The van der Waals surface area contributed by atoms with E-state index >= 15 is 0 Å². The highest BCUT2D eigenvalue weighted by atomic mass is 16.7. The summed E-state index contributed by atoms with van der Waals surface area (Å²) in [5, 5.41) is 5.42. The van der Waals surface area contributed by atoms with E-state index < -0.39 is 5.91 Å². The number of ether oxygens (including phenoxy) is 2. The van der Waals surface area contributed by atoms with Gasteiger partial charge in [-0.1, -0.05) is 17.7 Å². The second-order valence-electron chi connectivity index (χ2n) is 7.32. The van der Waals surface area contributed by atoms with E-state index in [2.05, 4.69) is 10.6 Å². The molecule has 1 aliphatic heterocycles. The monoisotopic (exact) mass is 411 g/mol. The third-order valence-corrected chi connectivity index (χ3v) is 4.78. The van der Waals surface area contributed by atoms with Crippen LogP contribution in [0.2, 0.25) is 0 Å². The number of fused-ring (bicyclic) bond motifs is 1. The number of carbonyl (C=O) groups is 3. The lowest BCUT2D eigenvalue weighted by atomic mass is 10.1. The highest BCUT2D eigenvalue weighted by Crippen LogP contribution is 2.32. The van der Waals surface area contributed by atoms with E-state index in [1.54, 1.807) is 18.2 Å². The number of nitrogens with zero attached hydrogens (tertiary/aromatic N) is 1. The lowest BCUT2D eigenvalue weighted by Crippen LogP contribution is -2.41. The Morgan fingerprint density at radius 1 is 1.00 bits per heavy atom. The molecule has 0 unspecified atom stereocenters. The number of hydrogen-bond donors (Lipinski definition) is 2. The predicted octanol–water partition coefficient (Wildman–Crippen LogP) is 2.17. The average Bonchev–Trinajstić information content (AvgIpc) is 3.16. The standard InChI is InChI=1S/C22H25N3O5/c1-13-7-14(2)21(15(3)8-13)24-19(26)11-25(4)20(27)10-23-22(28)16-5-6-17-18(9-16)30-12-29-17/h5-9H,10-12H2,1-4H3,(H,23,28)(H,24,26). The molecule has 30 heavy (non-hydrogen) atoms. The van der Waals surface area contributed by atoms with E-state index in [1.165, 1.54) is 11.9 Å². The van der Waals surface area contributed by atoms with Gasteiger partial charge in [0.1, 0.15) is 0 Å². The molecule has 3 amide bonds. The number of carbonyl (C=O) groups excluding carboxylic acids is 3. The highest BCUT2D eigenvalue weighted by molar-refractivity contribution is 5.98. The smallest absolute Gasteiger partial charge is 0.251 e. The van der Waals surface area contributed by atoms with Gasteiger partial charge in [0.15, 0.2) is 11.5 Å². The quantitative estimate of drug-likeness (QED) is 0.759. The van der Waals surface area contributed by atoms with Gasteiger partial charge < -0.3 is 25.0 Å². The van der Waals surface area contributed by atoms with E-state index in [0.29, 0.717) is 17.1 Å². The van der Waals surface area contributed by atoms with Gasteiger partial charge in [-0.3, -0.25) is 14.4 Å². The van der Waals surface area contributed by atoms with Crippen LogP contribution in [-0.4, -0.2) is 49.6 Å². The van der Waals surface area contributed by atoms with E-state index in [0.717, 1.165) is 22.4 Å². The summed E-state index contributed by atoms with van der Waals surface area (Å²) in [7, 11) is 1.52. The lowest BCUT2D eigenvalue weighted by molar-refractivity contribution is -0.132. The van der Waals surface area contributed by atoms with E-state index in [1.807, 2.05) is 32.9 Å². The maximum Gasteiger partial charge on any atom is 0.251 e. The minimum Gasteiger partial charge on any atom is -0.454 e. The number of nitrogens with one attached hydrogen (secondary N) is 2. The van der Waals surface area contributed by atoms with Gasteiger partial charge >= 0.3 is 0 Å². The Morgan fingerprint density at radius 3 is 2.37 bits per heavy atom. The van der Waals surface area contributed by atoms with Gasteiger partial charge in [-0.25, -0.2) is 0 Å². The predicted molar refractivity (Wildman–Crippen MR) is 112 cm³/mol. The molecule has 2 N–H and O–H groups in total. The minimum atomic E-state index is -0.412. The Bertz CT molecular complexity index is 979. The molecule has 0 spiro atoms. The Kier molecular flexibility index (Phi) is 6.25. The zero-order valence-electron chi connectivity index (χ0n) is 17.5. The molecular formula is C22H25N3O5. The molecule has 1 aliphatic rings. The molecule has 0 atom stereocenters. The second kappa shape index (κ2) is 8.86. The molecule has 1 heterocycles. The number of likely N-dealkylation sites (N-methyl/N-ethyl adjacent to an activating group) is 1. The second-order valence-corrected chi connectivity index (χ2v) is 7.32. The lowest BCUT2D eigenvalue weighted by Gasteiger charge is -2.19. The number of benzene rings is 2. The molecular weight excluding hydrogens is 386 g/mol. The Hall–Kier alpha value is -3.55. The summed E-state index contributed by atoms with van der Waals surface area (Å²) in [5.74, 6) is -0.0260. The van der Waals surface area contributed by atoms with E-state index in [4.69, 9.17) is 9.47 Å². The first-order valence-corrected chi connectivity index (χ1v) is 9.54. The molecule has 0 fully saturated rings. The van der Waals surface area contributed by atoms with Crippen LogP contribution in [-0.2, 0) is 9.59 Å². The minimum absolute atomic E-state index is 0.118. The molecule has 2 aromatic carbocycles. The van der Waals surface area contributed by atoms with Gasteiger partial charge in [0.2, 0.25) is 18.6 Å². The zero-order chi connectivity index (χ0) is 21.8. The van der Waals surface area contributed by atoms with Crippen molar-refractivity contribution in [1.29, 1.82) is 0 Å². The van der Waals surface area contributed by atoms with Crippen molar-refractivity contribution in [3.63, 3.8) is 0 Å². The van der Waals surface area contributed by atoms with Crippen LogP contribution >= 0.6 is 0 Å². The van der Waals surface area contributed by atoms with Crippen molar-refractivity contribution in [3.8, 4) is 11.5 Å². The van der Waals surface area contributed by atoms with Gasteiger partial charge in [-0.2, -0.15) is 0 Å². The maximum absolute atomic E-state index is 12.4. The van der Waals surface area contributed by atoms with Crippen molar-refractivity contribution in [3.05, 3.63) is 52.6 Å². The fourth-order valence-electron chi connectivity index (χ4n) is 3.29. The molecule has 8 heteroatoms. The molecule has 2 aromatic rings. The molecule has 0 aliphatic carbocycles. The van der Waals surface area contributed by atoms with E-state index in [9.17, 15) is 14.4 Å². The first-order chi connectivity index (χ1) is 14.2. The summed E-state index contributed by atoms with van der Waals surface area (Å²) in [6, 6.07) is 8.78. The third kappa shape index (κ3) is 4.89. The number of anilines is 1. The average molecular weight is 411 g/mol. The fourth-order valence-corrected chi connectivity index (χ4v) is 3.29. The molecule has 0 radical (unpaired) electrons. The summed E-state index contributed by atoms with van der Waals surface area (Å²) < 4.78 is 10.5. The van der Waals surface area contributed by atoms with Crippen molar-refractivity contribution in [1.82, 2.24) is 10.2 Å². The SMILES string of the molecule is Cc1cc(C)c(NC(=O)CN(C)C(=O)CNC(=O)c2ccc3c(c2)OCO3)c(C)c1. The largest absolute Gasteiger partial charge is 0.454 e. The van der Waals surface area contributed by atoms with Crippen LogP contribution < -0.4 is 20.1 Å². The van der Waals surface area contributed by atoms with Crippen LogP contribution in [0.4, 0.5) is 5.69 Å². The Labute approximate surface area is 175 Å². The third-order valence-electron chi connectivity index (χ3n) is 4.78. The number of aryl methyl sites for hydroxylation is 3. The van der Waals surface area contributed by atoms with Crippen LogP contribution in [0.5, 0.6) is 11.5 Å². The van der Waals surface area contributed by atoms with Crippen molar-refractivity contribution in [2.75, 3.05) is 32.2 Å². The van der Waals surface area contributed by atoms with Crippen molar-refractivity contribution >= 4 is 23.4 Å². The number of hydrogen-bond acceptors (Lipinski definition) is 5. The molecule has 8 nitrogen and oxygen atoms in total. The van der Waals surface area contributed by atoms with Crippen LogP contribution in [0.25, 0.3) is 0 Å². The normalized spacial score (nSPS) is 11.7. The fraction of sp³-hybridized carbons (Fsp3) is 0.318. The van der Waals surface area contributed by atoms with Gasteiger partial charge in [-0.05, 0) is 50.1 Å². The van der Waals surface area contributed by atoms with Crippen LogP contribution in [0.3, 0.4) is 0 Å². The highest BCUT2D eigenvalue weighted by Gasteiger charge is 2.18. The van der Waals surface area contributed by atoms with Crippen LogP contribution in [0.1, 0.15) is 27.0 Å². The van der Waals surface area contributed by atoms with E-state index in [-0.39, 0.29) is 31.7 Å². The van der Waals surface area contributed by atoms with Crippen molar-refractivity contribution in [2.24, 2.45) is 0 Å². The summed E-state index contributed by atoms with van der Waals surface area (Å²) >= 11 is 0. The zero-order valence-corrected chi connectivity index (χ0v) is 17.5.